The summed E-state index contributed by atoms with van der Waals surface area (Å²) >= 11 is 0. The number of hydrogen-bond donors (Lipinski definition) is 3. The number of nitrogens with one attached hydrogen (secondary N) is 2. The SMILES string of the molecule is CCNS(=O)(=O)c1ccc(NC(=O)C(CN)OC)cc1. The fourth-order valence-corrected chi connectivity index (χ4v) is 2.56. The maximum atomic E-state index is 11.7. The molecule has 20 heavy (non-hydrogen) atoms. The first kappa shape index (κ1) is 16.6. The maximum Gasteiger partial charge on any atom is 0.254 e. The van der Waals surface area contributed by atoms with Gasteiger partial charge in [0.25, 0.3) is 5.91 Å². The van der Waals surface area contributed by atoms with E-state index in [1.54, 1.807) is 6.92 Å². The highest BCUT2D eigenvalue weighted by Gasteiger charge is 2.16. The summed E-state index contributed by atoms with van der Waals surface area (Å²) in [4.78, 5) is 11.9. The van der Waals surface area contributed by atoms with E-state index in [1.807, 2.05) is 0 Å². The van der Waals surface area contributed by atoms with Crippen LogP contribution in [0.3, 0.4) is 0 Å². The highest BCUT2D eigenvalue weighted by Crippen LogP contribution is 2.14. The standard InChI is InChI=1S/C12H19N3O4S/c1-3-14-20(17,18)10-6-4-9(5-7-10)15-12(16)11(8-13)19-2/h4-7,11,14H,3,8,13H2,1-2H3,(H,15,16). The number of methoxy groups -OCH3 is 1. The van der Waals surface area contributed by atoms with Crippen LogP contribution in [0.4, 0.5) is 5.69 Å². The van der Waals surface area contributed by atoms with E-state index in [1.165, 1.54) is 31.4 Å². The molecule has 1 aromatic rings. The molecule has 4 N–H and O–H groups in total. The Kier molecular flexibility index (Phi) is 6.08. The third-order valence-corrected chi connectivity index (χ3v) is 4.12. The normalized spacial score (nSPS) is 12.9. The van der Waals surface area contributed by atoms with Crippen LogP contribution in [0.25, 0.3) is 0 Å². The number of amides is 1. The predicted octanol–water partition coefficient (Wildman–Crippen LogP) is -0.103. The molecule has 7 nitrogen and oxygen atoms in total. The number of carbonyl (C=O) groups is 1. The molecule has 112 valence electrons. The van der Waals surface area contributed by atoms with Crippen LogP contribution in [0.5, 0.6) is 0 Å². The van der Waals surface area contributed by atoms with Gasteiger partial charge < -0.3 is 15.8 Å². The molecule has 0 bridgehead atoms. The highest BCUT2D eigenvalue weighted by atomic mass is 32.2. The van der Waals surface area contributed by atoms with Crippen molar-refractivity contribution >= 4 is 21.6 Å². The largest absolute Gasteiger partial charge is 0.370 e. The van der Waals surface area contributed by atoms with Gasteiger partial charge in [0, 0.05) is 25.9 Å². The van der Waals surface area contributed by atoms with Gasteiger partial charge in [0.05, 0.1) is 4.90 Å². The van der Waals surface area contributed by atoms with Gasteiger partial charge in [0.2, 0.25) is 10.0 Å². The monoisotopic (exact) mass is 301 g/mol. The number of sulfonamides is 1. The Morgan fingerprint density at radius 1 is 1.35 bits per heavy atom. The topological polar surface area (TPSA) is 111 Å². The maximum absolute atomic E-state index is 11.7. The minimum Gasteiger partial charge on any atom is -0.370 e. The van der Waals surface area contributed by atoms with Crippen LogP contribution in [-0.2, 0) is 19.6 Å². The molecule has 1 unspecified atom stereocenters. The Morgan fingerprint density at radius 3 is 2.40 bits per heavy atom. The lowest BCUT2D eigenvalue weighted by molar-refractivity contribution is -0.125. The molecule has 0 aliphatic heterocycles. The Morgan fingerprint density at radius 2 is 1.95 bits per heavy atom. The summed E-state index contributed by atoms with van der Waals surface area (Å²) in [5.41, 5.74) is 5.85. The second-order valence-electron chi connectivity index (χ2n) is 3.98. The number of nitrogens with two attached hydrogens (primary N) is 1. The van der Waals surface area contributed by atoms with Crippen molar-refractivity contribution < 1.29 is 17.9 Å². The smallest absolute Gasteiger partial charge is 0.254 e. The summed E-state index contributed by atoms with van der Waals surface area (Å²) in [5.74, 6) is -0.378. The van der Waals surface area contributed by atoms with Crippen molar-refractivity contribution in [2.45, 2.75) is 17.9 Å². The zero-order valence-corrected chi connectivity index (χ0v) is 12.2. The van der Waals surface area contributed by atoms with E-state index in [2.05, 4.69) is 10.0 Å². The van der Waals surface area contributed by atoms with Gasteiger partial charge in [-0.25, -0.2) is 13.1 Å². The number of ether oxygens (including phenoxy) is 1. The van der Waals surface area contributed by atoms with E-state index in [0.29, 0.717) is 12.2 Å². The zero-order chi connectivity index (χ0) is 15.2. The number of benzene rings is 1. The van der Waals surface area contributed by atoms with Gasteiger partial charge in [0.1, 0.15) is 6.10 Å². The van der Waals surface area contributed by atoms with Crippen molar-refractivity contribution in [2.24, 2.45) is 5.73 Å². The average molecular weight is 301 g/mol. The molecule has 0 fully saturated rings. The molecule has 0 saturated carbocycles. The molecule has 0 aliphatic carbocycles. The lowest BCUT2D eigenvalue weighted by Gasteiger charge is -2.13. The molecular weight excluding hydrogens is 282 g/mol. The van der Waals surface area contributed by atoms with Crippen LogP contribution < -0.4 is 15.8 Å². The third kappa shape index (κ3) is 4.27. The Balaban J connectivity index is 2.80. The molecule has 0 saturated heterocycles. The highest BCUT2D eigenvalue weighted by molar-refractivity contribution is 7.89. The lowest BCUT2D eigenvalue weighted by atomic mass is 10.3. The molecule has 1 amide bonds. The van der Waals surface area contributed by atoms with Gasteiger partial charge in [-0.05, 0) is 24.3 Å². The molecule has 8 heteroatoms. The summed E-state index contributed by atoms with van der Waals surface area (Å²) in [6.45, 7) is 2.08. The fourth-order valence-electron chi connectivity index (χ4n) is 1.52. The minimum absolute atomic E-state index is 0.0647. The van der Waals surface area contributed by atoms with Crippen LogP contribution in [0.2, 0.25) is 0 Å². The molecule has 0 heterocycles. The summed E-state index contributed by atoms with van der Waals surface area (Å²) in [5, 5.41) is 2.60. The Labute approximate surface area is 118 Å². The molecule has 1 aromatic carbocycles. The summed E-state index contributed by atoms with van der Waals surface area (Å²) in [6.07, 6.45) is -0.736. The van der Waals surface area contributed by atoms with E-state index >= 15 is 0 Å². The van der Waals surface area contributed by atoms with Crippen molar-refractivity contribution in [3.05, 3.63) is 24.3 Å². The Bertz CT molecular complexity index is 538. The van der Waals surface area contributed by atoms with Crippen molar-refractivity contribution in [2.75, 3.05) is 25.5 Å². The Hall–Kier alpha value is -1.48. The quantitative estimate of drug-likeness (QED) is 0.651. The number of rotatable bonds is 7. The van der Waals surface area contributed by atoms with E-state index in [0.717, 1.165) is 0 Å². The first-order chi connectivity index (χ1) is 9.44. The van der Waals surface area contributed by atoms with Gasteiger partial charge >= 0.3 is 0 Å². The second kappa shape index (κ2) is 7.34. The van der Waals surface area contributed by atoms with Crippen molar-refractivity contribution in [3.63, 3.8) is 0 Å². The summed E-state index contributed by atoms with van der Waals surface area (Å²) in [7, 11) is -2.10. The number of hydrogen-bond acceptors (Lipinski definition) is 5. The van der Waals surface area contributed by atoms with E-state index < -0.39 is 16.1 Å². The molecular formula is C12H19N3O4S. The van der Waals surface area contributed by atoms with E-state index in [4.69, 9.17) is 10.5 Å². The van der Waals surface area contributed by atoms with Crippen LogP contribution >= 0.6 is 0 Å². The van der Waals surface area contributed by atoms with Gasteiger partial charge in [-0.1, -0.05) is 6.92 Å². The molecule has 0 radical (unpaired) electrons. The van der Waals surface area contributed by atoms with Crippen molar-refractivity contribution in [1.82, 2.24) is 4.72 Å². The second-order valence-corrected chi connectivity index (χ2v) is 5.74. The van der Waals surface area contributed by atoms with Crippen LogP contribution in [0.1, 0.15) is 6.92 Å². The molecule has 0 aliphatic rings. The van der Waals surface area contributed by atoms with Gasteiger partial charge in [-0.15, -0.1) is 0 Å². The minimum atomic E-state index is -3.49. The van der Waals surface area contributed by atoms with Crippen molar-refractivity contribution in [1.29, 1.82) is 0 Å². The van der Waals surface area contributed by atoms with Crippen LogP contribution in [0.15, 0.2) is 29.2 Å². The first-order valence-electron chi connectivity index (χ1n) is 6.08. The van der Waals surface area contributed by atoms with Crippen molar-refractivity contribution in [3.8, 4) is 0 Å². The third-order valence-electron chi connectivity index (χ3n) is 2.56. The summed E-state index contributed by atoms with van der Waals surface area (Å²) in [6, 6.07) is 5.84. The number of carbonyl (C=O) groups excluding carboxylic acids is 1. The first-order valence-corrected chi connectivity index (χ1v) is 7.56. The van der Waals surface area contributed by atoms with E-state index in [-0.39, 0.29) is 17.3 Å². The predicted molar refractivity (Wildman–Crippen MR) is 75.8 cm³/mol. The van der Waals surface area contributed by atoms with Gasteiger partial charge in [-0.2, -0.15) is 0 Å². The zero-order valence-electron chi connectivity index (χ0n) is 11.4. The lowest BCUT2D eigenvalue weighted by Crippen LogP contribution is -2.35. The molecule has 1 rings (SSSR count). The summed E-state index contributed by atoms with van der Waals surface area (Å²) < 4.78 is 30.7. The molecule has 0 spiro atoms. The molecule has 0 aromatic heterocycles. The number of anilines is 1. The van der Waals surface area contributed by atoms with Gasteiger partial charge in [-0.3, -0.25) is 4.79 Å². The average Bonchev–Trinajstić information content (AvgIpc) is 2.40. The van der Waals surface area contributed by atoms with Crippen LogP contribution in [-0.4, -0.2) is 40.6 Å². The van der Waals surface area contributed by atoms with Crippen LogP contribution in [0, 0.1) is 0 Å². The fraction of sp³-hybridized carbons (Fsp3) is 0.417. The van der Waals surface area contributed by atoms with Gasteiger partial charge in [0.15, 0.2) is 0 Å². The molecule has 1 atom stereocenters. The van der Waals surface area contributed by atoms with E-state index in [9.17, 15) is 13.2 Å².